The molecule has 2 aromatic carbocycles. The second-order valence-corrected chi connectivity index (χ2v) is 7.35. The molecule has 1 amide bonds. The molecule has 2 aromatic rings. The number of hydrogen-bond acceptors (Lipinski definition) is 3. The Kier molecular flexibility index (Phi) is 4.22. The number of nitrogens with zero attached hydrogens (tertiary/aromatic N) is 1. The summed E-state index contributed by atoms with van der Waals surface area (Å²) in [6.45, 7) is 3.78. The fourth-order valence-electron chi connectivity index (χ4n) is 3.93. The van der Waals surface area contributed by atoms with Crippen molar-refractivity contribution in [1.82, 2.24) is 10.2 Å². The van der Waals surface area contributed by atoms with Gasteiger partial charge in [-0.25, -0.2) is 0 Å². The van der Waals surface area contributed by atoms with Gasteiger partial charge in [-0.15, -0.1) is 0 Å². The number of anilines is 1. The molecule has 0 saturated carbocycles. The minimum Gasteiger partial charge on any atom is -0.373 e. The summed E-state index contributed by atoms with van der Waals surface area (Å²) in [6.07, 6.45) is 1.76. The molecule has 0 saturated heterocycles. The normalized spacial score (nSPS) is 22.0. The van der Waals surface area contributed by atoms with Crippen molar-refractivity contribution >= 4 is 11.6 Å². The van der Waals surface area contributed by atoms with E-state index in [-0.39, 0.29) is 11.9 Å². The molecule has 0 bridgehead atoms. The lowest BCUT2D eigenvalue weighted by atomic mass is 9.93. The maximum atomic E-state index is 12.6. The summed E-state index contributed by atoms with van der Waals surface area (Å²) >= 11 is 0. The van der Waals surface area contributed by atoms with E-state index < -0.39 is 0 Å². The SMILES string of the molecule is Cc1ccc2c(c1)C[C@H](CNC(=O)[C@@H]1Cc3ccccc3N1)N(C)C2. The second-order valence-electron chi connectivity index (χ2n) is 7.35. The molecular weight excluding hydrogens is 310 g/mol. The van der Waals surface area contributed by atoms with Gasteiger partial charge in [0.25, 0.3) is 0 Å². The van der Waals surface area contributed by atoms with Crippen molar-refractivity contribution in [2.24, 2.45) is 0 Å². The lowest BCUT2D eigenvalue weighted by molar-refractivity contribution is -0.122. The number of carbonyl (C=O) groups is 1. The molecule has 2 atom stereocenters. The fourth-order valence-corrected chi connectivity index (χ4v) is 3.93. The summed E-state index contributed by atoms with van der Waals surface area (Å²) in [5, 5.41) is 6.49. The highest BCUT2D eigenvalue weighted by molar-refractivity contribution is 5.87. The molecule has 0 aliphatic carbocycles. The molecule has 0 aromatic heterocycles. The minimum absolute atomic E-state index is 0.0969. The Morgan fingerprint density at radius 1 is 1.16 bits per heavy atom. The van der Waals surface area contributed by atoms with Crippen LogP contribution in [0.2, 0.25) is 0 Å². The molecule has 0 radical (unpaired) electrons. The predicted octanol–water partition coefficient (Wildman–Crippen LogP) is 2.50. The van der Waals surface area contributed by atoms with Crippen molar-refractivity contribution in [3.63, 3.8) is 0 Å². The van der Waals surface area contributed by atoms with E-state index in [2.05, 4.69) is 53.8 Å². The first-order valence-corrected chi connectivity index (χ1v) is 9.01. The number of likely N-dealkylation sites (N-methyl/N-ethyl adjacent to an activating group) is 1. The zero-order valence-electron chi connectivity index (χ0n) is 14.9. The Morgan fingerprint density at radius 2 is 2.00 bits per heavy atom. The molecule has 130 valence electrons. The summed E-state index contributed by atoms with van der Waals surface area (Å²) in [7, 11) is 2.14. The van der Waals surface area contributed by atoms with Crippen molar-refractivity contribution < 1.29 is 4.79 Å². The number of amides is 1. The molecule has 2 heterocycles. The summed E-state index contributed by atoms with van der Waals surface area (Å²) in [4.78, 5) is 14.9. The molecule has 25 heavy (non-hydrogen) atoms. The van der Waals surface area contributed by atoms with Crippen LogP contribution in [0, 0.1) is 6.92 Å². The van der Waals surface area contributed by atoms with Crippen LogP contribution in [-0.2, 0) is 24.2 Å². The third-order valence-corrected chi connectivity index (χ3v) is 5.46. The Morgan fingerprint density at radius 3 is 2.84 bits per heavy atom. The quantitative estimate of drug-likeness (QED) is 0.906. The zero-order valence-corrected chi connectivity index (χ0v) is 14.9. The molecule has 4 nitrogen and oxygen atoms in total. The molecule has 0 fully saturated rings. The van der Waals surface area contributed by atoms with Crippen LogP contribution < -0.4 is 10.6 Å². The number of nitrogens with one attached hydrogen (secondary N) is 2. The summed E-state index contributed by atoms with van der Waals surface area (Å²) < 4.78 is 0. The molecule has 2 aliphatic rings. The van der Waals surface area contributed by atoms with E-state index in [1.54, 1.807) is 0 Å². The lowest BCUT2D eigenvalue weighted by Crippen LogP contribution is -2.48. The van der Waals surface area contributed by atoms with E-state index in [1.807, 2.05) is 18.2 Å². The van der Waals surface area contributed by atoms with Crippen LogP contribution in [0.1, 0.15) is 22.3 Å². The highest BCUT2D eigenvalue weighted by Gasteiger charge is 2.28. The number of hydrogen-bond donors (Lipinski definition) is 2. The van der Waals surface area contributed by atoms with Gasteiger partial charge in [0.05, 0.1) is 0 Å². The summed E-state index contributed by atoms with van der Waals surface area (Å²) in [5.41, 5.74) is 6.44. The van der Waals surface area contributed by atoms with E-state index in [0.717, 1.165) is 25.1 Å². The van der Waals surface area contributed by atoms with Gasteiger partial charge in [-0.3, -0.25) is 9.69 Å². The van der Waals surface area contributed by atoms with Gasteiger partial charge in [0.15, 0.2) is 0 Å². The fraction of sp³-hybridized carbons (Fsp3) is 0.381. The lowest BCUT2D eigenvalue weighted by Gasteiger charge is -2.34. The molecule has 4 heteroatoms. The maximum absolute atomic E-state index is 12.6. The average Bonchev–Trinajstić information content (AvgIpc) is 3.04. The number of aryl methyl sites for hydroxylation is 1. The Labute approximate surface area is 149 Å². The highest BCUT2D eigenvalue weighted by atomic mass is 16.2. The summed E-state index contributed by atoms with van der Waals surface area (Å²) in [6, 6.07) is 15.0. The van der Waals surface area contributed by atoms with E-state index in [1.165, 1.54) is 22.3 Å². The van der Waals surface area contributed by atoms with Crippen LogP contribution in [0.3, 0.4) is 0 Å². The minimum atomic E-state index is -0.152. The first-order chi connectivity index (χ1) is 12.1. The number of carbonyl (C=O) groups excluding carboxylic acids is 1. The molecule has 0 unspecified atom stereocenters. The van der Waals surface area contributed by atoms with Gasteiger partial charge in [0.1, 0.15) is 6.04 Å². The van der Waals surface area contributed by atoms with Gasteiger partial charge in [0.2, 0.25) is 5.91 Å². The van der Waals surface area contributed by atoms with E-state index in [0.29, 0.717) is 12.6 Å². The van der Waals surface area contributed by atoms with Crippen molar-refractivity contribution in [3.05, 3.63) is 64.7 Å². The van der Waals surface area contributed by atoms with Crippen molar-refractivity contribution in [1.29, 1.82) is 0 Å². The van der Waals surface area contributed by atoms with E-state index in [4.69, 9.17) is 0 Å². The zero-order chi connectivity index (χ0) is 17.4. The van der Waals surface area contributed by atoms with E-state index >= 15 is 0 Å². The molecule has 2 N–H and O–H groups in total. The van der Waals surface area contributed by atoms with Gasteiger partial charge in [-0.2, -0.15) is 0 Å². The largest absolute Gasteiger partial charge is 0.373 e. The number of benzene rings is 2. The second kappa shape index (κ2) is 6.52. The van der Waals surface area contributed by atoms with Crippen LogP contribution in [0.15, 0.2) is 42.5 Å². The van der Waals surface area contributed by atoms with Gasteiger partial charge in [-0.1, -0.05) is 42.0 Å². The topological polar surface area (TPSA) is 44.4 Å². The predicted molar refractivity (Wildman–Crippen MR) is 101 cm³/mol. The smallest absolute Gasteiger partial charge is 0.242 e. The number of para-hydroxylation sites is 1. The molecule has 2 aliphatic heterocycles. The summed E-state index contributed by atoms with van der Waals surface area (Å²) in [5.74, 6) is 0.0969. The first kappa shape index (κ1) is 16.2. The average molecular weight is 335 g/mol. The Balaban J connectivity index is 1.36. The van der Waals surface area contributed by atoms with Crippen LogP contribution in [0.5, 0.6) is 0 Å². The number of fused-ring (bicyclic) bond motifs is 2. The number of rotatable bonds is 3. The maximum Gasteiger partial charge on any atom is 0.242 e. The van der Waals surface area contributed by atoms with Crippen LogP contribution in [0.25, 0.3) is 0 Å². The molecule has 0 spiro atoms. The van der Waals surface area contributed by atoms with Crippen molar-refractivity contribution in [2.45, 2.75) is 38.4 Å². The van der Waals surface area contributed by atoms with Gasteiger partial charge >= 0.3 is 0 Å². The molecular formula is C21H25N3O. The van der Waals surface area contributed by atoms with Crippen molar-refractivity contribution in [2.75, 3.05) is 18.9 Å². The molecule has 4 rings (SSSR count). The third kappa shape index (κ3) is 3.27. The van der Waals surface area contributed by atoms with Gasteiger partial charge < -0.3 is 10.6 Å². The van der Waals surface area contributed by atoms with Crippen LogP contribution >= 0.6 is 0 Å². The standard InChI is InChI=1S/C21H25N3O/c1-14-7-8-16-13-24(2)18(10-17(16)9-14)12-22-21(25)20-11-15-5-3-4-6-19(15)23-20/h3-9,18,20,23H,10-13H2,1-2H3,(H,22,25)/t18-,20+/m1/s1. The van der Waals surface area contributed by atoms with Gasteiger partial charge in [0, 0.05) is 31.2 Å². The first-order valence-electron chi connectivity index (χ1n) is 9.01. The van der Waals surface area contributed by atoms with Crippen LogP contribution in [0.4, 0.5) is 5.69 Å². The van der Waals surface area contributed by atoms with Crippen LogP contribution in [-0.4, -0.2) is 36.5 Å². The van der Waals surface area contributed by atoms with E-state index in [9.17, 15) is 4.79 Å². The van der Waals surface area contributed by atoms with Gasteiger partial charge in [-0.05, 0) is 43.1 Å². The third-order valence-electron chi connectivity index (χ3n) is 5.46. The Bertz CT molecular complexity index is 776. The Hall–Kier alpha value is -2.33. The highest BCUT2D eigenvalue weighted by Crippen LogP contribution is 2.26. The monoisotopic (exact) mass is 335 g/mol. The van der Waals surface area contributed by atoms with Crippen molar-refractivity contribution in [3.8, 4) is 0 Å².